The van der Waals surface area contributed by atoms with Crippen molar-refractivity contribution in [3.63, 3.8) is 0 Å². The summed E-state index contributed by atoms with van der Waals surface area (Å²) in [4.78, 5) is 27.2. The highest BCUT2D eigenvalue weighted by Gasteiger charge is 2.25. The number of furan rings is 1. The van der Waals surface area contributed by atoms with Crippen LogP contribution in [0, 0.1) is 0 Å². The van der Waals surface area contributed by atoms with Crippen molar-refractivity contribution in [2.45, 2.75) is 12.8 Å². The molecule has 1 aliphatic rings. The molecule has 4 rings (SSSR count). The third-order valence-corrected chi connectivity index (χ3v) is 5.05. The molecule has 0 spiro atoms. The molecule has 3 heterocycles. The number of thiophene rings is 1. The van der Waals surface area contributed by atoms with Crippen LogP contribution in [0.3, 0.4) is 0 Å². The number of carbonyl (C=O) groups excluding carboxylic acids is 2. The van der Waals surface area contributed by atoms with Crippen molar-refractivity contribution in [2.75, 3.05) is 16.8 Å². The molecule has 0 radical (unpaired) electrons. The lowest BCUT2D eigenvalue weighted by atomic mass is 10.0. The highest BCUT2D eigenvalue weighted by molar-refractivity contribution is 7.12. The molecule has 25 heavy (non-hydrogen) atoms. The minimum atomic E-state index is -0.138. The van der Waals surface area contributed by atoms with E-state index in [1.807, 2.05) is 29.6 Å². The zero-order valence-corrected chi connectivity index (χ0v) is 14.2. The first kappa shape index (κ1) is 15.7. The van der Waals surface area contributed by atoms with E-state index in [9.17, 15) is 9.59 Å². The van der Waals surface area contributed by atoms with Crippen LogP contribution in [0.15, 0.2) is 58.5 Å². The van der Waals surface area contributed by atoms with E-state index in [-0.39, 0.29) is 11.8 Å². The average Bonchev–Trinajstić information content (AvgIpc) is 3.33. The van der Waals surface area contributed by atoms with Crippen LogP contribution in [0.25, 0.3) is 0 Å². The summed E-state index contributed by atoms with van der Waals surface area (Å²) in [5.74, 6) is 0.0820. The molecule has 1 aliphatic heterocycles. The summed E-state index contributed by atoms with van der Waals surface area (Å²) in [5.41, 5.74) is 2.67. The first-order valence-corrected chi connectivity index (χ1v) is 8.93. The van der Waals surface area contributed by atoms with E-state index >= 15 is 0 Å². The van der Waals surface area contributed by atoms with Gasteiger partial charge in [0.2, 0.25) is 0 Å². The Morgan fingerprint density at radius 3 is 2.84 bits per heavy atom. The molecule has 0 atom stereocenters. The van der Waals surface area contributed by atoms with Gasteiger partial charge in [0.15, 0.2) is 5.76 Å². The normalized spacial score (nSPS) is 13.4. The summed E-state index contributed by atoms with van der Waals surface area (Å²) in [7, 11) is 0. The number of nitrogens with zero attached hydrogens (tertiary/aromatic N) is 1. The predicted octanol–water partition coefficient (Wildman–Crippen LogP) is 4.19. The van der Waals surface area contributed by atoms with Crippen LogP contribution in [-0.4, -0.2) is 18.4 Å². The van der Waals surface area contributed by atoms with Crippen molar-refractivity contribution in [1.29, 1.82) is 0 Å². The maximum Gasteiger partial charge on any atom is 0.293 e. The summed E-state index contributed by atoms with van der Waals surface area (Å²) in [6.07, 6.45) is 3.25. The highest BCUT2D eigenvalue weighted by atomic mass is 32.1. The molecule has 0 saturated heterocycles. The molecule has 0 bridgehead atoms. The van der Waals surface area contributed by atoms with Gasteiger partial charge in [-0.2, -0.15) is 0 Å². The minimum Gasteiger partial charge on any atom is -0.459 e. The second-order valence-corrected chi connectivity index (χ2v) is 6.76. The molecule has 5 nitrogen and oxygen atoms in total. The van der Waals surface area contributed by atoms with Crippen molar-refractivity contribution in [3.8, 4) is 0 Å². The van der Waals surface area contributed by atoms with Crippen molar-refractivity contribution in [2.24, 2.45) is 0 Å². The molecule has 0 aliphatic carbocycles. The fraction of sp³-hybridized carbons (Fsp3) is 0.158. The number of amides is 2. The van der Waals surface area contributed by atoms with Gasteiger partial charge in [0, 0.05) is 17.9 Å². The fourth-order valence-corrected chi connectivity index (χ4v) is 3.64. The quantitative estimate of drug-likeness (QED) is 0.769. The summed E-state index contributed by atoms with van der Waals surface area (Å²) in [6.45, 7) is 0.660. The Balaban J connectivity index is 1.58. The second kappa shape index (κ2) is 6.57. The lowest BCUT2D eigenvalue weighted by Gasteiger charge is -2.29. The molecular weight excluding hydrogens is 336 g/mol. The second-order valence-electron chi connectivity index (χ2n) is 5.81. The number of benzene rings is 1. The number of hydrogen-bond acceptors (Lipinski definition) is 4. The molecular formula is C19H16N2O3S. The van der Waals surface area contributed by atoms with Crippen molar-refractivity contribution >= 4 is 34.5 Å². The molecule has 3 aromatic rings. The molecule has 0 unspecified atom stereocenters. The highest BCUT2D eigenvalue weighted by Crippen LogP contribution is 2.31. The van der Waals surface area contributed by atoms with Crippen LogP contribution in [0.4, 0.5) is 11.4 Å². The molecule has 0 fully saturated rings. The van der Waals surface area contributed by atoms with Gasteiger partial charge in [-0.1, -0.05) is 6.07 Å². The maximum absolute atomic E-state index is 12.6. The van der Waals surface area contributed by atoms with E-state index in [0.29, 0.717) is 17.2 Å². The van der Waals surface area contributed by atoms with E-state index < -0.39 is 0 Å². The summed E-state index contributed by atoms with van der Waals surface area (Å²) in [6, 6.07) is 12.7. The van der Waals surface area contributed by atoms with Crippen molar-refractivity contribution < 1.29 is 14.0 Å². The van der Waals surface area contributed by atoms with E-state index in [2.05, 4.69) is 5.32 Å². The van der Waals surface area contributed by atoms with Gasteiger partial charge in [-0.05, 0) is 60.2 Å². The Morgan fingerprint density at radius 1 is 1.16 bits per heavy atom. The third-order valence-electron chi connectivity index (χ3n) is 4.18. The van der Waals surface area contributed by atoms with Gasteiger partial charge in [0.1, 0.15) is 0 Å². The topological polar surface area (TPSA) is 62.6 Å². The number of anilines is 2. The maximum atomic E-state index is 12.6. The molecule has 2 aromatic heterocycles. The Morgan fingerprint density at radius 2 is 2.08 bits per heavy atom. The van der Waals surface area contributed by atoms with Crippen molar-refractivity contribution in [1.82, 2.24) is 0 Å². The Hall–Kier alpha value is -2.86. The zero-order valence-electron chi connectivity index (χ0n) is 13.4. The summed E-state index contributed by atoms with van der Waals surface area (Å²) in [5, 5.41) is 4.79. The lowest BCUT2D eigenvalue weighted by Crippen LogP contribution is -2.35. The van der Waals surface area contributed by atoms with E-state index in [4.69, 9.17) is 4.42 Å². The summed E-state index contributed by atoms with van der Waals surface area (Å²) < 4.78 is 5.23. The van der Waals surface area contributed by atoms with E-state index in [1.54, 1.807) is 23.1 Å². The largest absolute Gasteiger partial charge is 0.459 e. The average molecular weight is 352 g/mol. The van der Waals surface area contributed by atoms with Gasteiger partial charge in [0.05, 0.1) is 11.1 Å². The molecule has 1 N–H and O–H groups in total. The van der Waals surface area contributed by atoms with E-state index in [1.165, 1.54) is 17.6 Å². The Labute approximate surface area is 148 Å². The monoisotopic (exact) mass is 352 g/mol. The SMILES string of the molecule is O=C(Nc1ccc2c(c1)CCCN2C(=O)c1ccco1)c1cccs1. The Kier molecular flexibility index (Phi) is 4.11. The van der Waals surface area contributed by atoms with Crippen LogP contribution in [0.5, 0.6) is 0 Å². The molecule has 1 aromatic carbocycles. The van der Waals surface area contributed by atoms with Gasteiger partial charge in [0.25, 0.3) is 11.8 Å². The standard InChI is InChI=1S/C19H16N2O3S/c22-18(17-6-3-11-25-17)20-14-7-8-15-13(12-14)4-1-9-21(15)19(23)16-5-2-10-24-16/h2-3,5-8,10-12H,1,4,9H2,(H,20,22). The molecule has 126 valence electrons. The van der Waals surface area contributed by atoms with Gasteiger partial charge < -0.3 is 14.6 Å². The number of nitrogens with one attached hydrogen (secondary N) is 1. The van der Waals surface area contributed by atoms with Crippen LogP contribution in [-0.2, 0) is 6.42 Å². The number of rotatable bonds is 3. The third kappa shape index (κ3) is 3.08. The fourth-order valence-electron chi connectivity index (χ4n) is 3.02. The van der Waals surface area contributed by atoms with Crippen LogP contribution < -0.4 is 10.2 Å². The molecule has 0 saturated carbocycles. The van der Waals surface area contributed by atoms with Gasteiger partial charge >= 0.3 is 0 Å². The first-order chi connectivity index (χ1) is 12.2. The van der Waals surface area contributed by atoms with Crippen LogP contribution >= 0.6 is 11.3 Å². The number of carbonyl (C=O) groups is 2. The number of fused-ring (bicyclic) bond motifs is 1. The smallest absolute Gasteiger partial charge is 0.293 e. The van der Waals surface area contributed by atoms with Gasteiger partial charge in [-0.15, -0.1) is 11.3 Å². The first-order valence-electron chi connectivity index (χ1n) is 8.05. The number of hydrogen-bond donors (Lipinski definition) is 1. The van der Waals surface area contributed by atoms with Crippen LogP contribution in [0.1, 0.15) is 32.2 Å². The summed E-state index contributed by atoms with van der Waals surface area (Å²) >= 11 is 1.41. The zero-order chi connectivity index (χ0) is 17.2. The number of aryl methyl sites for hydroxylation is 1. The molecule has 6 heteroatoms. The van der Waals surface area contributed by atoms with Gasteiger partial charge in [-0.25, -0.2) is 0 Å². The van der Waals surface area contributed by atoms with Crippen molar-refractivity contribution in [3.05, 3.63) is 70.3 Å². The molecule has 2 amide bonds. The Bertz CT molecular complexity index is 901. The van der Waals surface area contributed by atoms with Gasteiger partial charge in [-0.3, -0.25) is 9.59 Å². The minimum absolute atomic E-state index is 0.116. The van der Waals surface area contributed by atoms with Crippen LogP contribution in [0.2, 0.25) is 0 Å². The van der Waals surface area contributed by atoms with E-state index in [0.717, 1.165) is 29.8 Å². The predicted molar refractivity (Wildman–Crippen MR) is 97.4 cm³/mol. The lowest BCUT2D eigenvalue weighted by molar-refractivity contribution is 0.0957.